The van der Waals surface area contributed by atoms with E-state index < -0.39 is 21.9 Å². The normalized spacial score (nSPS) is 11.4. The zero-order valence-corrected chi connectivity index (χ0v) is 16.6. The van der Waals surface area contributed by atoms with Crippen molar-refractivity contribution in [2.45, 2.75) is 11.3 Å². The summed E-state index contributed by atoms with van der Waals surface area (Å²) in [6, 6.07) is 13.5. The van der Waals surface area contributed by atoms with Crippen molar-refractivity contribution in [2.75, 3.05) is 13.2 Å². The van der Waals surface area contributed by atoms with Crippen LogP contribution in [0.2, 0.25) is 0 Å². The summed E-state index contributed by atoms with van der Waals surface area (Å²) in [5.74, 6) is -0.977. The number of hydrogen-bond donors (Lipinski definition) is 2. The van der Waals surface area contributed by atoms with Crippen molar-refractivity contribution in [3.05, 3.63) is 65.9 Å². The Morgan fingerprint density at radius 1 is 1.10 bits per heavy atom. The summed E-state index contributed by atoms with van der Waals surface area (Å²) in [5, 5.41) is 8.48. The molecule has 0 aliphatic rings. The minimum absolute atomic E-state index is 0.0330. The Hall–Kier alpha value is -3.17. The first-order valence-corrected chi connectivity index (χ1v) is 10.4. The fourth-order valence-corrected chi connectivity index (χ4v) is 3.47. The summed E-state index contributed by atoms with van der Waals surface area (Å²) >= 11 is 0. The molecule has 0 saturated heterocycles. The molecule has 0 unspecified atom stereocenters. The van der Waals surface area contributed by atoms with E-state index in [1.54, 1.807) is 18.3 Å². The number of amides is 1. The molecule has 0 bridgehead atoms. The number of carbonyl (C=O) groups is 2. The summed E-state index contributed by atoms with van der Waals surface area (Å²) in [5.41, 5.74) is 2.15. The van der Waals surface area contributed by atoms with E-state index >= 15 is 0 Å². The zero-order valence-electron chi connectivity index (χ0n) is 15.8. The van der Waals surface area contributed by atoms with Crippen LogP contribution in [-0.4, -0.2) is 38.0 Å². The van der Waals surface area contributed by atoms with E-state index in [2.05, 4.69) is 5.32 Å². The lowest BCUT2D eigenvalue weighted by Gasteiger charge is -2.07. The number of aryl methyl sites for hydroxylation is 1. The Bertz CT molecular complexity index is 1150. The van der Waals surface area contributed by atoms with Gasteiger partial charge in [-0.05, 0) is 30.2 Å². The van der Waals surface area contributed by atoms with Gasteiger partial charge in [-0.25, -0.2) is 18.4 Å². The van der Waals surface area contributed by atoms with Gasteiger partial charge in [0.25, 0.3) is 5.91 Å². The van der Waals surface area contributed by atoms with E-state index in [9.17, 15) is 18.0 Å². The number of nitrogens with two attached hydrogens (primary N) is 1. The van der Waals surface area contributed by atoms with Crippen LogP contribution in [0.25, 0.3) is 10.9 Å². The lowest BCUT2D eigenvalue weighted by Crippen LogP contribution is -2.30. The second-order valence-corrected chi connectivity index (χ2v) is 8.10. The Morgan fingerprint density at radius 2 is 1.79 bits per heavy atom. The maximum Gasteiger partial charge on any atom is 0.340 e. The highest BCUT2D eigenvalue weighted by atomic mass is 32.2. The van der Waals surface area contributed by atoms with Gasteiger partial charge in [0.15, 0.2) is 6.61 Å². The van der Waals surface area contributed by atoms with Gasteiger partial charge in [0.05, 0.1) is 10.5 Å². The van der Waals surface area contributed by atoms with Crippen molar-refractivity contribution in [2.24, 2.45) is 12.2 Å². The molecule has 0 saturated carbocycles. The Kier molecular flexibility index (Phi) is 6.00. The van der Waals surface area contributed by atoms with Gasteiger partial charge in [0.2, 0.25) is 10.0 Å². The molecule has 29 heavy (non-hydrogen) atoms. The Morgan fingerprint density at radius 3 is 2.48 bits per heavy atom. The number of sulfonamides is 1. The van der Waals surface area contributed by atoms with E-state index in [4.69, 9.17) is 9.88 Å². The van der Waals surface area contributed by atoms with Gasteiger partial charge >= 0.3 is 5.97 Å². The smallest absolute Gasteiger partial charge is 0.340 e. The van der Waals surface area contributed by atoms with E-state index in [1.807, 2.05) is 35.9 Å². The molecule has 0 aliphatic carbocycles. The number of fused-ring (bicyclic) bond motifs is 1. The first-order chi connectivity index (χ1) is 13.8. The van der Waals surface area contributed by atoms with Crippen LogP contribution in [0.15, 0.2) is 59.6 Å². The number of carbonyl (C=O) groups excluding carboxylic acids is 2. The first kappa shape index (κ1) is 20.6. The summed E-state index contributed by atoms with van der Waals surface area (Å²) in [4.78, 5) is 24.3. The minimum Gasteiger partial charge on any atom is -0.452 e. The van der Waals surface area contributed by atoms with Crippen LogP contribution in [0, 0.1) is 0 Å². The highest BCUT2D eigenvalue weighted by Gasteiger charge is 2.16. The van der Waals surface area contributed by atoms with E-state index in [0.29, 0.717) is 18.5 Å². The van der Waals surface area contributed by atoms with Crippen LogP contribution in [0.4, 0.5) is 0 Å². The maximum absolute atomic E-state index is 12.3. The average Bonchev–Trinajstić information content (AvgIpc) is 3.03. The van der Waals surface area contributed by atoms with Crippen LogP contribution < -0.4 is 10.5 Å². The standard InChI is InChI=1S/C20H21N3O5S/c1-23-12-17(16-4-2-3-5-18(16)23)20(25)28-13-19(24)22-11-10-14-6-8-15(9-7-14)29(21,26)27/h2-9,12H,10-11,13H2,1H3,(H,22,24)(H2,21,26,27). The largest absolute Gasteiger partial charge is 0.452 e. The number of ether oxygens (including phenoxy) is 1. The highest BCUT2D eigenvalue weighted by molar-refractivity contribution is 7.89. The van der Waals surface area contributed by atoms with Gasteiger partial charge in [0.1, 0.15) is 0 Å². The van der Waals surface area contributed by atoms with Crippen molar-refractivity contribution < 1.29 is 22.7 Å². The Labute approximate surface area is 168 Å². The molecule has 0 radical (unpaired) electrons. The number of benzene rings is 2. The predicted octanol–water partition coefficient (Wildman–Crippen LogP) is 1.34. The van der Waals surface area contributed by atoms with Crippen LogP contribution in [0.5, 0.6) is 0 Å². The van der Waals surface area contributed by atoms with Crippen molar-refractivity contribution in [3.8, 4) is 0 Å². The SMILES string of the molecule is Cn1cc(C(=O)OCC(=O)NCCc2ccc(S(N)(=O)=O)cc2)c2ccccc21. The molecule has 0 aliphatic heterocycles. The molecule has 1 aromatic heterocycles. The number of nitrogens with zero attached hydrogens (tertiary/aromatic N) is 1. The number of primary sulfonamides is 1. The quantitative estimate of drug-likeness (QED) is 0.564. The van der Waals surface area contributed by atoms with Crippen molar-refractivity contribution in [1.82, 2.24) is 9.88 Å². The number of para-hydroxylation sites is 1. The van der Waals surface area contributed by atoms with Crippen molar-refractivity contribution >= 4 is 32.8 Å². The third-order valence-electron chi connectivity index (χ3n) is 4.44. The van der Waals surface area contributed by atoms with Gasteiger partial charge in [0, 0.05) is 30.7 Å². The topological polar surface area (TPSA) is 120 Å². The number of nitrogens with one attached hydrogen (secondary N) is 1. The number of esters is 1. The molecule has 1 heterocycles. The van der Waals surface area contributed by atoms with Crippen LogP contribution in [-0.2, 0) is 33.0 Å². The lowest BCUT2D eigenvalue weighted by atomic mass is 10.1. The monoisotopic (exact) mass is 415 g/mol. The fourth-order valence-electron chi connectivity index (χ4n) is 2.96. The molecule has 3 N–H and O–H groups in total. The number of rotatable bonds is 7. The van der Waals surface area contributed by atoms with E-state index in [1.165, 1.54) is 12.1 Å². The zero-order chi connectivity index (χ0) is 21.0. The molecule has 0 spiro atoms. The molecule has 8 nitrogen and oxygen atoms in total. The molecule has 152 valence electrons. The second kappa shape index (κ2) is 8.46. The molecular formula is C20H21N3O5S. The van der Waals surface area contributed by atoms with Crippen LogP contribution in [0.3, 0.4) is 0 Å². The number of aromatic nitrogens is 1. The average molecular weight is 415 g/mol. The Balaban J connectivity index is 1.48. The van der Waals surface area contributed by atoms with E-state index in [-0.39, 0.29) is 11.5 Å². The lowest BCUT2D eigenvalue weighted by molar-refractivity contribution is -0.124. The highest BCUT2D eigenvalue weighted by Crippen LogP contribution is 2.20. The van der Waals surface area contributed by atoms with Gasteiger partial charge in [-0.2, -0.15) is 0 Å². The summed E-state index contributed by atoms with van der Waals surface area (Å²) in [6.07, 6.45) is 2.17. The molecule has 9 heteroatoms. The van der Waals surface area contributed by atoms with Crippen molar-refractivity contribution in [1.29, 1.82) is 0 Å². The molecule has 3 rings (SSSR count). The number of hydrogen-bond acceptors (Lipinski definition) is 5. The molecule has 3 aromatic rings. The van der Waals surface area contributed by atoms with Crippen molar-refractivity contribution in [3.63, 3.8) is 0 Å². The van der Waals surface area contributed by atoms with Gasteiger partial charge in [-0.3, -0.25) is 4.79 Å². The first-order valence-electron chi connectivity index (χ1n) is 8.85. The van der Waals surface area contributed by atoms with Crippen LogP contribution >= 0.6 is 0 Å². The van der Waals surface area contributed by atoms with Crippen LogP contribution in [0.1, 0.15) is 15.9 Å². The maximum atomic E-state index is 12.3. The van der Waals surface area contributed by atoms with Gasteiger partial charge in [-0.15, -0.1) is 0 Å². The fraction of sp³-hybridized carbons (Fsp3) is 0.200. The minimum atomic E-state index is -3.72. The molecule has 0 atom stereocenters. The second-order valence-electron chi connectivity index (χ2n) is 6.54. The summed E-state index contributed by atoms with van der Waals surface area (Å²) in [7, 11) is -1.89. The third-order valence-corrected chi connectivity index (χ3v) is 5.37. The summed E-state index contributed by atoms with van der Waals surface area (Å²) < 4.78 is 29.4. The van der Waals surface area contributed by atoms with Gasteiger partial charge < -0.3 is 14.6 Å². The molecule has 1 amide bonds. The third kappa shape index (κ3) is 5.01. The van der Waals surface area contributed by atoms with Gasteiger partial charge in [-0.1, -0.05) is 30.3 Å². The predicted molar refractivity (Wildman–Crippen MR) is 108 cm³/mol. The summed E-state index contributed by atoms with van der Waals surface area (Å²) in [6.45, 7) is -0.0637. The molecular weight excluding hydrogens is 394 g/mol. The molecule has 2 aromatic carbocycles. The van der Waals surface area contributed by atoms with E-state index in [0.717, 1.165) is 16.5 Å². The molecule has 0 fully saturated rings.